The fourth-order valence-electron chi connectivity index (χ4n) is 2.33. The van der Waals surface area contributed by atoms with Crippen LogP contribution in [0.4, 0.5) is 0 Å². The second kappa shape index (κ2) is 32.9. The first-order valence-electron chi connectivity index (χ1n) is 12.0. The molecule has 0 aromatic heterocycles. The van der Waals surface area contributed by atoms with E-state index in [-0.39, 0.29) is 17.8 Å². The Hall–Kier alpha value is -2.09. The van der Waals surface area contributed by atoms with Crippen LogP contribution in [0.3, 0.4) is 0 Å². The quantitative estimate of drug-likeness (QED) is 0.141. The predicted molar refractivity (Wildman–Crippen MR) is 146 cm³/mol. The van der Waals surface area contributed by atoms with Crippen LogP contribution in [0.1, 0.15) is 13.8 Å². The number of aliphatic hydroxyl groups excluding tert-OH is 1. The molecule has 0 bridgehead atoms. The van der Waals surface area contributed by atoms with Gasteiger partial charge in [0.2, 0.25) is 5.91 Å². The molecule has 36 heavy (non-hydrogen) atoms. The Morgan fingerprint density at radius 2 is 1.58 bits per heavy atom. The summed E-state index contributed by atoms with van der Waals surface area (Å²) in [5.41, 5.74) is 0. The first-order valence-corrected chi connectivity index (χ1v) is 12.0. The van der Waals surface area contributed by atoms with E-state index < -0.39 is 0 Å². The lowest BCUT2D eigenvalue weighted by Crippen LogP contribution is -2.47. The Balaban J connectivity index is -0.000000200. The summed E-state index contributed by atoms with van der Waals surface area (Å²) >= 11 is 0. The maximum atomic E-state index is 10.9. The number of carbonyl (C=O) groups excluding carboxylic acids is 3. The number of likely N-dealkylation sites (N-methyl/N-ethyl adjacent to an activating group) is 4. The minimum absolute atomic E-state index is 0.184. The zero-order valence-electron chi connectivity index (χ0n) is 24.0. The minimum Gasteiger partial charge on any atom is -0.468 e. The largest absolute Gasteiger partial charge is 0.468 e. The van der Waals surface area contributed by atoms with E-state index in [9.17, 15) is 14.4 Å². The van der Waals surface area contributed by atoms with E-state index in [0.29, 0.717) is 19.6 Å². The molecule has 0 aliphatic carbocycles. The van der Waals surface area contributed by atoms with Crippen molar-refractivity contribution in [3.63, 3.8) is 0 Å². The molecule has 0 aromatic rings. The van der Waals surface area contributed by atoms with Crippen LogP contribution in [0.2, 0.25) is 0 Å². The molecule has 0 radical (unpaired) electrons. The second-order valence-electron chi connectivity index (χ2n) is 7.37. The molecule has 216 valence electrons. The van der Waals surface area contributed by atoms with Crippen LogP contribution in [-0.2, 0) is 23.9 Å². The standard InChI is InChI=1S/C8H18N2O2.C7H16N2O2.C6H12N2O.C2H4.CH4O/c1-9(2)5-6-10(3)7-8(11)12-4;1-3-8-4-5-9-6-7(10)11-2;1-2-8-4-3-7-5-6(8)9;2*1-2/h5-7H2,1-4H3;8-9H,3-6H2,1-2H3;7H,2-5H2,1H3;1-2H2;2H,1H3. The maximum Gasteiger partial charge on any atom is 0.319 e. The number of nitrogens with one attached hydrogen (secondary N) is 3. The fraction of sp³-hybridized carbons (Fsp3) is 0.792. The smallest absolute Gasteiger partial charge is 0.319 e. The molecule has 1 aliphatic rings. The monoisotopic (exact) mass is 522 g/mol. The van der Waals surface area contributed by atoms with Crippen molar-refractivity contribution in [1.82, 2.24) is 30.7 Å². The van der Waals surface area contributed by atoms with Gasteiger partial charge in [-0.1, -0.05) is 6.92 Å². The summed E-state index contributed by atoms with van der Waals surface area (Å²) in [6.45, 7) is 18.4. The highest BCUT2D eigenvalue weighted by Gasteiger charge is 2.14. The van der Waals surface area contributed by atoms with Crippen LogP contribution >= 0.6 is 0 Å². The molecule has 0 saturated carbocycles. The van der Waals surface area contributed by atoms with E-state index in [0.717, 1.165) is 59.5 Å². The highest BCUT2D eigenvalue weighted by Crippen LogP contribution is 1.91. The van der Waals surface area contributed by atoms with Gasteiger partial charge in [-0.2, -0.15) is 0 Å². The Bertz CT molecular complexity index is 511. The van der Waals surface area contributed by atoms with Crippen molar-refractivity contribution in [3.8, 4) is 0 Å². The lowest BCUT2D eigenvalue weighted by Gasteiger charge is -2.25. The molecular formula is C24H54N6O6. The average Bonchev–Trinajstić information content (AvgIpc) is 2.90. The van der Waals surface area contributed by atoms with Crippen molar-refractivity contribution >= 4 is 17.8 Å². The molecule has 0 aromatic carbocycles. The third-order valence-corrected chi connectivity index (χ3v) is 4.35. The van der Waals surface area contributed by atoms with Crippen molar-refractivity contribution in [2.24, 2.45) is 0 Å². The van der Waals surface area contributed by atoms with E-state index >= 15 is 0 Å². The molecule has 1 rings (SSSR count). The number of hydrogen-bond acceptors (Lipinski definition) is 11. The number of amides is 1. The van der Waals surface area contributed by atoms with Crippen molar-refractivity contribution in [2.75, 3.05) is 114 Å². The van der Waals surface area contributed by atoms with Gasteiger partial charge in [-0.3, -0.25) is 19.3 Å². The Labute approximate surface area is 219 Å². The SMILES string of the molecule is C=C.CCN1CCNCC1=O.CCNCCNCC(=O)OC.CO.COC(=O)CN(C)CCN(C)C. The molecule has 0 unspecified atom stereocenters. The molecule has 1 heterocycles. The van der Waals surface area contributed by atoms with E-state index in [1.165, 1.54) is 14.2 Å². The number of carbonyl (C=O) groups is 3. The number of methoxy groups -OCH3 is 2. The zero-order chi connectivity index (χ0) is 28.8. The van der Waals surface area contributed by atoms with Crippen LogP contribution in [0.25, 0.3) is 0 Å². The molecule has 12 heteroatoms. The molecule has 1 aliphatic heterocycles. The summed E-state index contributed by atoms with van der Waals surface area (Å²) < 4.78 is 8.97. The number of hydrogen-bond donors (Lipinski definition) is 4. The van der Waals surface area contributed by atoms with E-state index in [2.05, 4.69) is 43.5 Å². The van der Waals surface area contributed by atoms with Crippen LogP contribution < -0.4 is 16.0 Å². The maximum absolute atomic E-state index is 10.9. The van der Waals surface area contributed by atoms with Gasteiger partial charge in [-0.05, 0) is 34.6 Å². The van der Waals surface area contributed by atoms with Crippen molar-refractivity contribution in [3.05, 3.63) is 13.2 Å². The van der Waals surface area contributed by atoms with Crippen LogP contribution in [-0.4, -0.2) is 152 Å². The lowest BCUT2D eigenvalue weighted by atomic mass is 10.3. The molecule has 0 spiro atoms. The number of rotatable bonds is 12. The molecule has 0 atom stereocenters. The number of esters is 2. The van der Waals surface area contributed by atoms with Gasteiger partial charge >= 0.3 is 11.9 Å². The van der Waals surface area contributed by atoms with Gasteiger partial charge in [-0.15, -0.1) is 13.2 Å². The predicted octanol–water partition coefficient (Wildman–Crippen LogP) is -1.14. The van der Waals surface area contributed by atoms with E-state index in [4.69, 9.17) is 5.11 Å². The first-order chi connectivity index (χ1) is 17.2. The molecule has 4 N–H and O–H groups in total. The minimum atomic E-state index is -0.221. The molecular weight excluding hydrogens is 468 g/mol. The van der Waals surface area contributed by atoms with Crippen LogP contribution in [0.5, 0.6) is 0 Å². The van der Waals surface area contributed by atoms with Gasteiger partial charge in [-0.25, -0.2) is 0 Å². The highest BCUT2D eigenvalue weighted by atomic mass is 16.5. The first kappa shape index (κ1) is 41.1. The van der Waals surface area contributed by atoms with Crippen molar-refractivity contribution in [2.45, 2.75) is 13.8 Å². The highest BCUT2D eigenvalue weighted by molar-refractivity contribution is 5.78. The number of nitrogens with zero attached hydrogens (tertiary/aromatic N) is 3. The third-order valence-electron chi connectivity index (χ3n) is 4.35. The third kappa shape index (κ3) is 31.9. The summed E-state index contributed by atoms with van der Waals surface area (Å²) in [5, 5.41) is 16.1. The van der Waals surface area contributed by atoms with Gasteiger partial charge in [0.1, 0.15) is 0 Å². The van der Waals surface area contributed by atoms with Gasteiger partial charge < -0.3 is 40.3 Å². The summed E-state index contributed by atoms with van der Waals surface area (Å²) in [6, 6.07) is 0. The van der Waals surface area contributed by atoms with Crippen molar-refractivity contribution in [1.29, 1.82) is 0 Å². The Morgan fingerprint density at radius 3 is 2.00 bits per heavy atom. The number of piperazine rings is 1. The second-order valence-corrected chi connectivity index (χ2v) is 7.37. The lowest BCUT2D eigenvalue weighted by molar-refractivity contribution is -0.141. The van der Waals surface area contributed by atoms with Gasteiger partial charge in [0.25, 0.3) is 0 Å². The van der Waals surface area contributed by atoms with Gasteiger partial charge in [0, 0.05) is 52.9 Å². The molecule has 1 fully saturated rings. The molecule has 12 nitrogen and oxygen atoms in total. The van der Waals surface area contributed by atoms with E-state index in [1.807, 2.05) is 44.8 Å². The summed E-state index contributed by atoms with van der Waals surface area (Å²) in [6.07, 6.45) is 0. The topological polar surface area (TPSA) is 136 Å². The Kier molecular flexibility index (Phi) is 37.5. The number of ether oxygens (including phenoxy) is 2. The van der Waals surface area contributed by atoms with Crippen LogP contribution in [0.15, 0.2) is 13.2 Å². The van der Waals surface area contributed by atoms with E-state index in [1.54, 1.807) is 0 Å². The summed E-state index contributed by atoms with van der Waals surface area (Å²) in [4.78, 5) is 38.1. The number of aliphatic hydroxyl groups is 1. The normalized spacial score (nSPS) is 12.0. The average molecular weight is 523 g/mol. The Morgan fingerprint density at radius 1 is 1.03 bits per heavy atom. The summed E-state index contributed by atoms with van der Waals surface area (Å²) in [5.74, 6) is -0.179. The van der Waals surface area contributed by atoms with Gasteiger partial charge in [0.05, 0.1) is 33.9 Å². The summed E-state index contributed by atoms with van der Waals surface area (Å²) in [7, 11) is 9.70. The molecule has 1 saturated heterocycles. The fourth-order valence-corrected chi connectivity index (χ4v) is 2.33. The zero-order valence-corrected chi connectivity index (χ0v) is 24.0. The van der Waals surface area contributed by atoms with Crippen molar-refractivity contribution < 1.29 is 29.0 Å². The molecule has 1 amide bonds. The van der Waals surface area contributed by atoms with Gasteiger partial charge in [0.15, 0.2) is 0 Å². The van der Waals surface area contributed by atoms with Crippen LogP contribution in [0, 0.1) is 0 Å².